The van der Waals surface area contributed by atoms with Gasteiger partial charge in [0.2, 0.25) is 0 Å². The molecule has 0 aliphatic rings. The van der Waals surface area contributed by atoms with E-state index in [2.05, 4.69) is 51.1 Å². The summed E-state index contributed by atoms with van der Waals surface area (Å²) in [7, 11) is 0. The molecule has 0 aromatic heterocycles. The second-order valence-electron chi connectivity index (χ2n) is 3.62. The summed E-state index contributed by atoms with van der Waals surface area (Å²) in [6.07, 6.45) is 0. The van der Waals surface area contributed by atoms with E-state index >= 15 is 0 Å². The molecule has 3 heteroatoms. The molecule has 1 rings (SSSR count). The van der Waals surface area contributed by atoms with Crippen LogP contribution in [-0.2, 0) is 5.41 Å². The Kier molecular flexibility index (Phi) is 12.4. The summed E-state index contributed by atoms with van der Waals surface area (Å²) in [5.41, 5.74) is 1.69. The minimum atomic E-state index is 0. The van der Waals surface area contributed by atoms with Gasteiger partial charge in [-0.25, -0.2) is 0 Å². The molecule has 0 saturated carbocycles. The molecule has 0 bridgehead atoms. The zero-order chi connectivity index (χ0) is 7.61. The first kappa shape index (κ1) is 19.5. The Morgan fingerprint density at radius 2 is 1.23 bits per heavy atom. The van der Waals surface area contributed by atoms with E-state index in [0.29, 0.717) is 5.41 Å². The SMILES string of the molecule is CC(C)(C)c1ccccc1.[Br-].[Br-].[Mg+2]. The van der Waals surface area contributed by atoms with E-state index in [-0.39, 0.29) is 57.0 Å². The summed E-state index contributed by atoms with van der Waals surface area (Å²) < 4.78 is 0. The van der Waals surface area contributed by atoms with Gasteiger partial charge in [-0.3, -0.25) is 0 Å². The molecule has 0 nitrogen and oxygen atoms in total. The second kappa shape index (κ2) is 8.27. The summed E-state index contributed by atoms with van der Waals surface area (Å²) in [6, 6.07) is 10.6. The van der Waals surface area contributed by atoms with Crippen molar-refractivity contribution in [1.29, 1.82) is 0 Å². The third-order valence-corrected chi connectivity index (χ3v) is 1.64. The van der Waals surface area contributed by atoms with Crippen molar-refractivity contribution < 1.29 is 34.0 Å². The van der Waals surface area contributed by atoms with Gasteiger partial charge in [0.1, 0.15) is 0 Å². The molecule has 0 heterocycles. The van der Waals surface area contributed by atoms with Crippen LogP contribution >= 0.6 is 0 Å². The quantitative estimate of drug-likeness (QED) is 0.438. The number of benzene rings is 1. The van der Waals surface area contributed by atoms with Gasteiger partial charge in [-0.2, -0.15) is 0 Å². The van der Waals surface area contributed by atoms with Crippen molar-refractivity contribution in [2.45, 2.75) is 26.2 Å². The van der Waals surface area contributed by atoms with Crippen LogP contribution < -0.4 is 34.0 Å². The van der Waals surface area contributed by atoms with Gasteiger partial charge in [0.05, 0.1) is 0 Å². The molecule has 0 saturated heterocycles. The van der Waals surface area contributed by atoms with E-state index in [1.165, 1.54) is 5.56 Å². The van der Waals surface area contributed by atoms with Gasteiger partial charge in [0.15, 0.2) is 0 Å². The Balaban J connectivity index is -0.000000333. The summed E-state index contributed by atoms with van der Waals surface area (Å²) in [6.45, 7) is 6.67. The molecule has 0 fully saturated rings. The molecule has 13 heavy (non-hydrogen) atoms. The zero-order valence-electron chi connectivity index (χ0n) is 8.35. The summed E-state index contributed by atoms with van der Waals surface area (Å²) in [5, 5.41) is 0. The van der Waals surface area contributed by atoms with Crippen molar-refractivity contribution >= 4 is 23.1 Å². The van der Waals surface area contributed by atoms with Crippen molar-refractivity contribution in [2.24, 2.45) is 0 Å². The fourth-order valence-corrected chi connectivity index (χ4v) is 0.938. The van der Waals surface area contributed by atoms with Crippen LogP contribution in [0.3, 0.4) is 0 Å². The maximum atomic E-state index is 2.22. The smallest absolute Gasteiger partial charge is 1.00 e. The molecule has 0 atom stereocenters. The molecular formula is C10H14Br2Mg. The van der Waals surface area contributed by atoms with Crippen molar-refractivity contribution in [1.82, 2.24) is 0 Å². The maximum absolute atomic E-state index is 2.22. The first-order chi connectivity index (χ1) is 4.61. The predicted molar refractivity (Wildman–Crippen MR) is 50.9 cm³/mol. The minimum absolute atomic E-state index is 0. The van der Waals surface area contributed by atoms with E-state index < -0.39 is 0 Å². The van der Waals surface area contributed by atoms with Gasteiger partial charge in [0.25, 0.3) is 0 Å². The maximum Gasteiger partial charge on any atom is 2.00 e. The van der Waals surface area contributed by atoms with Crippen molar-refractivity contribution in [3.05, 3.63) is 35.9 Å². The van der Waals surface area contributed by atoms with Crippen LogP contribution in [0.15, 0.2) is 30.3 Å². The normalized spacial score (nSPS) is 8.85. The Bertz CT molecular complexity index is 204. The van der Waals surface area contributed by atoms with Gasteiger partial charge >= 0.3 is 23.1 Å². The predicted octanol–water partition coefficient (Wildman–Crippen LogP) is -3.39. The molecule has 0 aliphatic heterocycles. The van der Waals surface area contributed by atoms with Crippen molar-refractivity contribution in [3.63, 3.8) is 0 Å². The largest absolute Gasteiger partial charge is 2.00 e. The van der Waals surface area contributed by atoms with Crippen molar-refractivity contribution in [3.8, 4) is 0 Å². The Hall–Kier alpha value is 0.946. The molecule has 0 amide bonds. The van der Waals surface area contributed by atoms with Crippen LogP contribution in [0.1, 0.15) is 26.3 Å². The summed E-state index contributed by atoms with van der Waals surface area (Å²) in [4.78, 5) is 0. The minimum Gasteiger partial charge on any atom is -1.00 e. The van der Waals surface area contributed by atoms with Gasteiger partial charge < -0.3 is 34.0 Å². The van der Waals surface area contributed by atoms with Crippen LogP contribution in [0.25, 0.3) is 0 Å². The fraction of sp³-hybridized carbons (Fsp3) is 0.400. The first-order valence-electron chi connectivity index (χ1n) is 3.66. The molecule has 0 N–H and O–H groups in total. The monoisotopic (exact) mass is 316 g/mol. The fourth-order valence-electron chi connectivity index (χ4n) is 0.938. The summed E-state index contributed by atoms with van der Waals surface area (Å²) in [5.74, 6) is 0. The van der Waals surface area contributed by atoms with Crippen LogP contribution in [0.5, 0.6) is 0 Å². The van der Waals surface area contributed by atoms with Crippen LogP contribution in [0, 0.1) is 0 Å². The van der Waals surface area contributed by atoms with E-state index in [0.717, 1.165) is 0 Å². The second-order valence-corrected chi connectivity index (χ2v) is 3.62. The third kappa shape index (κ3) is 6.94. The zero-order valence-corrected chi connectivity index (χ0v) is 12.9. The number of hydrogen-bond donors (Lipinski definition) is 0. The molecular weight excluding hydrogens is 304 g/mol. The average Bonchev–Trinajstić information content (AvgIpc) is 1.88. The van der Waals surface area contributed by atoms with Crippen LogP contribution in [0.2, 0.25) is 0 Å². The molecule has 1 aromatic rings. The first-order valence-corrected chi connectivity index (χ1v) is 3.66. The Morgan fingerprint density at radius 1 is 0.846 bits per heavy atom. The molecule has 1 aromatic carbocycles. The van der Waals surface area contributed by atoms with Gasteiger partial charge in [-0.15, -0.1) is 0 Å². The van der Waals surface area contributed by atoms with Crippen LogP contribution in [0.4, 0.5) is 0 Å². The van der Waals surface area contributed by atoms with Gasteiger partial charge in [-0.1, -0.05) is 51.1 Å². The molecule has 0 radical (unpaired) electrons. The Morgan fingerprint density at radius 3 is 1.46 bits per heavy atom. The molecule has 70 valence electrons. The standard InChI is InChI=1S/C10H14.2BrH.Mg/c1-10(2,3)9-7-5-4-6-8-9;;;/h4-8H,1-3H3;2*1H;/q;;;+2/p-2. The Labute approximate surface area is 118 Å². The number of rotatable bonds is 0. The summed E-state index contributed by atoms with van der Waals surface area (Å²) >= 11 is 0. The van der Waals surface area contributed by atoms with Gasteiger partial charge in [0, 0.05) is 0 Å². The molecule has 0 aliphatic carbocycles. The van der Waals surface area contributed by atoms with Gasteiger partial charge in [-0.05, 0) is 11.0 Å². The van der Waals surface area contributed by atoms with E-state index in [9.17, 15) is 0 Å². The van der Waals surface area contributed by atoms with E-state index in [4.69, 9.17) is 0 Å². The average molecular weight is 318 g/mol. The van der Waals surface area contributed by atoms with Crippen LogP contribution in [-0.4, -0.2) is 23.1 Å². The molecule has 0 spiro atoms. The molecule has 0 unspecified atom stereocenters. The number of halogens is 2. The number of hydrogen-bond acceptors (Lipinski definition) is 0. The van der Waals surface area contributed by atoms with E-state index in [1.807, 2.05) is 0 Å². The topological polar surface area (TPSA) is 0 Å². The third-order valence-electron chi connectivity index (χ3n) is 1.64. The van der Waals surface area contributed by atoms with E-state index in [1.54, 1.807) is 0 Å². The van der Waals surface area contributed by atoms with Crippen molar-refractivity contribution in [2.75, 3.05) is 0 Å².